The Morgan fingerprint density at radius 1 is 1.03 bits per heavy atom. The molecule has 34 heavy (non-hydrogen) atoms. The van der Waals surface area contributed by atoms with Gasteiger partial charge in [-0.2, -0.15) is 19.9 Å². The monoisotopic (exact) mass is 473 g/mol. The van der Waals surface area contributed by atoms with E-state index in [-0.39, 0.29) is 17.4 Å². The summed E-state index contributed by atoms with van der Waals surface area (Å²) >= 11 is 6.01. The maximum Gasteiger partial charge on any atom is 0.263 e. The second kappa shape index (κ2) is 8.27. The number of hydrogen-bond donors (Lipinski definition) is 2. The van der Waals surface area contributed by atoms with Crippen molar-refractivity contribution in [3.05, 3.63) is 92.5 Å². The van der Waals surface area contributed by atoms with E-state index < -0.39 is 0 Å². The highest BCUT2D eigenvalue weighted by atomic mass is 35.5. The minimum Gasteiger partial charge on any atom is -0.306 e. The number of benzene rings is 2. The van der Waals surface area contributed by atoms with Gasteiger partial charge in [0, 0.05) is 16.7 Å². The summed E-state index contributed by atoms with van der Waals surface area (Å²) < 4.78 is 3.00. The van der Waals surface area contributed by atoms with Gasteiger partial charge in [0.15, 0.2) is 5.65 Å². The van der Waals surface area contributed by atoms with E-state index in [0.29, 0.717) is 33.1 Å². The first kappa shape index (κ1) is 21.6. The molecule has 0 aliphatic heterocycles. The number of nitrogens with one attached hydrogen (secondary N) is 2. The molecule has 0 saturated carbocycles. The number of aryl methyl sites for hydroxylation is 3. The maximum absolute atomic E-state index is 12.8. The van der Waals surface area contributed by atoms with Crippen LogP contribution in [0.3, 0.4) is 0 Å². The van der Waals surface area contributed by atoms with Crippen molar-refractivity contribution in [2.45, 2.75) is 20.8 Å². The fraction of sp³-hybridized carbons (Fsp3) is 0.125. The number of H-pyrrole nitrogens is 1. The molecule has 0 saturated heterocycles. The zero-order chi connectivity index (χ0) is 24.0. The highest BCUT2D eigenvalue weighted by Gasteiger charge is 2.17. The number of nitrogens with zero attached hydrogens (tertiary/aromatic N) is 5. The second-order valence-corrected chi connectivity index (χ2v) is 8.44. The van der Waals surface area contributed by atoms with Gasteiger partial charge in [-0.3, -0.25) is 14.6 Å². The van der Waals surface area contributed by atoms with Crippen molar-refractivity contribution < 1.29 is 4.79 Å². The minimum atomic E-state index is -0.368. The van der Waals surface area contributed by atoms with Crippen molar-refractivity contribution in [2.24, 2.45) is 0 Å². The molecule has 0 aliphatic carbocycles. The lowest BCUT2D eigenvalue weighted by atomic mass is 10.1. The maximum atomic E-state index is 12.8. The van der Waals surface area contributed by atoms with Crippen LogP contribution in [0.2, 0.25) is 5.02 Å². The quantitative estimate of drug-likeness (QED) is 0.408. The number of anilines is 1. The Morgan fingerprint density at radius 2 is 1.85 bits per heavy atom. The van der Waals surface area contributed by atoms with E-state index in [4.69, 9.17) is 11.6 Å². The highest BCUT2D eigenvalue weighted by molar-refractivity contribution is 6.31. The van der Waals surface area contributed by atoms with Gasteiger partial charge in [-0.25, -0.2) is 4.68 Å². The molecule has 3 heterocycles. The minimum absolute atomic E-state index is 0.151. The van der Waals surface area contributed by atoms with Crippen LogP contribution in [-0.4, -0.2) is 35.4 Å². The largest absolute Gasteiger partial charge is 0.306 e. The Bertz CT molecular complexity index is 1630. The zero-order valence-corrected chi connectivity index (χ0v) is 19.4. The Balaban J connectivity index is 1.59. The van der Waals surface area contributed by atoms with E-state index in [0.717, 1.165) is 16.8 Å². The summed E-state index contributed by atoms with van der Waals surface area (Å²) in [6, 6.07) is 14.2. The normalized spacial score (nSPS) is 11.2. The average Bonchev–Trinajstić information content (AvgIpc) is 3.39. The van der Waals surface area contributed by atoms with Gasteiger partial charge in [-0.15, -0.1) is 0 Å². The van der Waals surface area contributed by atoms with Crippen molar-refractivity contribution in [2.75, 3.05) is 5.32 Å². The zero-order valence-electron chi connectivity index (χ0n) is 18.6. The molecule has 5 rings (SSSR count). The van der Waals surface area contributed by atoms with Gasteiger partial charge >= 0.3 is 0 Å². The molecule has 0 atom stereocenters. The Morgan fingerprint density at radius 3 is 2.62 bits per heavy atom. The van der Waals surface area contributed by atoms with E-state index in [1.165, 1.54) is 10.9 Å². The van der Waals surface area contributed by atoms with E-state index >= 15 is 0 Å². The number of fused-ring (bicyclic) bond motifs is 1. The predicted molar refractivity (Wildman–Crippen MR) is 130 cm³/mol. The van der Waals surface area contributed by atoms with Crippen LogP contribution in [-0.2, 0) is 0 Å². The lowest BCUT2D eigenvalue weighted by Gasteiger charge is -2.10. The molecule has 0 radical (unpaired) electrons. The number of amides is 1. The van der Waals surface area contributed by atoms with Crippen molar-refractivity contribution in [1.82, 2.24) is 29.5 Å². The molecule has 2 aromatic carbocycles. The molecule has 0 fully saturated rings. The summed E-state index contributed by atoms with van der Waals surface area (Å²) in [6.07, 6.45) is 1.48. The molecule has 0 aliphatic rings. The number of hydrogen-bond acceptors (Lipinski definition) is 5. The summed E-state index contributed by atoms with van der Waals surface area (Å²) in [5.74, 6) is 0.132. The standard InChI is InChI=1S/C24H20ClN7O2/c1-13-7-8-18(9-14(13)2)31-21-19(12-26-31)23(34)29-24(28-21)32-20(10-15(3)30-32)27-22(33)16-5-4-6-17(25)11-16/h4-12H,1-3H3,(H,27,33)(H,28,29,34). The molecule has 170 valence electrons. The Hall–Kier alpha value is -4.24. The number of rotatable bonds is 4. The first-order chi connectivity index (χ1) is 16.3. The number of halogens is 1. The lowest BCUT2D eigenvalue weighted by molar-refractivity contribution is 0.102. The number of aromatic nitrogens is 6. The van der Waals surface area contributed by atoms with Crippen molar-refractivity contribution in [3.8, 4) is 11.6 Å². The molecule has 3 aromatic heterocycles. The molecule has 10 heteroatoms. The third kappa shape index (κ3) is 3.86. The third-order valence-electron chi connectivity index (χ3n) is 5.52. The van der Waals surface area contributed by atoms with E-state index in [9.17, 15) is 9.59 Å². The molecule has 0 spiro atoms. The van der Waals surface area contributed by atoms with E-state index in [2.05, 4.69) is 25.5 Å². The van der Waals surface area contributed by atoms with Crippen LogP contribution in [0.25, 0.3) is 22.7 Å². The van der Waals surface area contributed by atoms with Crippen LogP contribution in [0.15, 0.2) is 59.5 Å². The highest BCUT2D eigenvalue weighted by Crippen LogP contribution is 2.20. The summed E-state index contributed by atoms with van der Waals surface area (Å²) in [7, 11) is 0. The number of carbonyl (C=O) groups is 1. The van der Waals surface area contributed by atoms with Crippen molar-refractivity contribution in [1.29, 1.82) is 0 Å². The van der Waals surface area contributed by atoms with Crippen LogP contribution in [0, 0.1) is 20.8 Å². The first-order valence-electron chi connectivity index (χ1n) is 10.5. The van der Waals surface area contributed by atoms with Gasteiger partial charge in [0.1, 0.15) is 11.2 Å². The molecule has 1 amide bonds. The topological polar surface area (TPSA) is 110 Å². The van der Waals surface area contributed by atoms with Gasteiger partial charge in [0.2, 0.25) is 5.95 Å². The van der Waals surface area contributed by atoms with Crippen LogP contribution in [0.4, 0.5) is 5.82 Å². The molecule has 0 bridgehead atoms. The smallest absolute Gasteiger partial charge is 0.263 e. The van der Waals surface area contributed by atoms with Crippen LogP contribution in [0.1, 0.15) is 27.2 Å². The van der Waals surface area contributed by atoms with Crippen LogP contribution < -0.4 is 10.9 Å². The summed E-state index contributed by atoms with van der Waals surface area (Å²) in [5, 5.41) is 12.4. The predicted octanol–water partition coefficient (Wildman–Crippen LogP) is 4.13. The van der Waals surface area contributed by atoms with E-state index in [1.54, 1.807) is 41.9 Å². The third-order valence-corrected chi connectivity index (χ3v) is 5.76. The number of aromatic amines is 1. The van der Waals surface area contributed by atoms with Gasteiger partial charge in [-0.1, -0.05) is 23.7 Å². The van der Waals surface area contributed by atoms with Gasteiger partial charge in [0.05, 0.1) is 17.6 Å². The molecule has 5 aromatic rings. The van der Waals surface area contributed by atoms with Crippen molar-refractivity contribution in [3.63, 3.8) is 0 Å². The number of carbonyl (C=O) groups excluding carboxylic acids is 1. The SMILES string of the molecule is Cc1cc(NC(=O)c2cccc(Cl)c2)n(-c2nc3c(cnn3-c3ccc(C)c(C)c3)c(=O)[nH]2)n1. The summed E-state index contributed by atoms with van der Waals surface area (Å²) in [4.78, 5) is 33.0. The summed E-state index contributed by atoms with van der Waals surface area (Å²) in [6.45, 7) is 5.82. The van der Waals surface area contributed by atoms with Gasteiger partial charge in [-0.05, 0) is 62.2 Å². The summed E-state index contributed by atoms with van der Waals surface area (Å²) in [5.41, 5.74) is 4.07. The molecular formula is C24H20ClN7O2. The van der Waals surface area contributed by atoms with Crippen LogP contribution in [0.5, 0.6) is 0 Å². The molecule has 9 nitrogen and oxygen atoms in total. The Labute approximate surface area is 199 Å². The Kier molecular flexibility index (Phi) is 5.25. The van der Waals surface area contributed by atoms with Gasteiger partial charge < -0.3 is 5.32 Å². The van der Waals surface area contributed by atoms with Crippen LogP contribution >= 0.6 is 11.6 Å². The average molecular weight is 474 g/mol. The van der Waals surface area contributed by atoms with Gasteiger partial charge in [0.25, 0.3) is 11.5 Å². The fourth-order valence-electron chi connectivity index (χ4n) is 3.62. The first-order valence-corrected chi connectivity index (χ1v) is 10.9. The fourth-order valence-corrected chi connectivity index (χ4v) is 3.81. The van der Waals surface area contributed by atoms with E-state index in [1.807, 2.05) is 32.0 Å². The van der Waals surface area contributed by atoms with Crippen molar-refractivity contribution >= 4 is 34.4 Å². The molecular weight excluding hydrogens is 454 g/mol. The molecule has 0 unspecified atom stereocenters. The lowest BCUT2D eigenvalue weighted by Crippen LogP contribution is -2.19. The second-order valence-electron chi connectivity index (χ2n) is 8.00. The molecule has 2 N–H and O–H groups in total.